The summed E-state index contributed by atoms with van der Waals surface area (Å²) in [6.07, 6.45) is -0.0449. The molecule has 0 spiro atoms. The Kier molecular flexibility index (Phi) is 6.73. The molecule has 0 unspecified atom stereocenters. The highest BCUT2D eigenvalue weighted by molar-refractivity contribution is 7.99. The molecule has 1 aromatic heterocycles. The van der Waals surface area contributed by atoms with Crippen molar-refractivity contribution in [2.24, 2.45) is 0 Å². The van der Waals surface area contributed by atoms with Gasteiger partial charge in [-0.1, -0.05) is 28.9 Å². The number of rotatable bonds is 8. The van der Waals surface area contributed by atoms with Crippen LogP contribution in [0.2, 0.25) is 5.02 Å². The quantitative estimate of drug-likeness (QED) is 0.351. The molecule has 3 aromatic rings. The summed E-state index contributed by atoms with van der Waals surface area (Å²) in [5, 5.41) is 8.03. The lowest BCUT2D eigenvalue weighted by Gasteiger charge is -2.06. The molecule has 8 heteroatoms. The third kappa shape index (κ3) is 5.74. The highest BCUT2D eigenvalue weighted by atomic mass is 35.5. The number of amides is 1. The van der Waals surface area contributed by atoms with Crippen molar-refractivity contribution in [3.8, 4) is 0 Å². The Morgan fingerprint density at radius 2 is 1.93 bits per heavy atom. The van der Waals surface area contributed by atoms with Crippen molar-refractivity contribution in [3.63, 3.8) is 0 Å². The maximum atomic E-state index is 11.9. The Labute approximate surface area is 165 Å². The van der Waals surface area contributed by atoms with Crippen LogP contribution in [0.4, 0.5) is 0 Å². The van der Waals surface area contributed by atoms with E-state index in [1.54, 1.807) is 17.8 Å². The molecule has 0 aliphatic heterocycles. The number of fused-ring (bicyclic) bond motifs is 1. The maximum absolute atomic E-state index is 11.9. The summed E-state index contributed by atoms with van der Waals surface area (Å²) in [6.45, 7) is 0.151. The number of hydrogen-bond donors (Lipinski definition) is 1. The average Bonchev–Trinajstić information content (AvgIpc) is 3.08. The van der Waals surface area contributed by atoms with Gasteiger partial charge in [0.15, 0.2) is 12.2 Å². The molecule has 27 heavy (non-hydrogen) atoms. The molecule has 0 bridgehead atoms. The smallest absolute Gasteiger partial charge is 0.312 e. The molecule has 0 atom stereocenters. The molecular weight excluding hydrogens is 388 g/mol. The summed E-state index contributed by atoms with van der Waals surface area (Å²) in [4.78, 5) is 24.7. The second-order valence-corrected chi connectivity index (χ2v) is 7.22. The monoisotopic (exact) mass is 404 g/mol. The number of hydrogen-bond acceptors (Lipinski definition) is 6. The SMILES string of the molecule is O=C(COC(=O)Cc1noc2ccccc12)NCCSc1ccc(Cl)cc1. The van der Waals surface area contributed by atoms with Gasteiger partial charge in [-0.25, -0.2) is 0 Å². The Hall–Kier alpha value is -2.51. The molecule has 0 saturated heterocycles. The third-order valence-electron chi connectivity index (χ3n) is 3.63. The first-order valence-electron chi connectivity index (χ1n) is 8.26. The molecule has 1 N–H and O–H groups in total. The number of halogens is 1. The lowest BCUT2D eigenvalue weighted by molar-refractivity contribution is -0.147. The van der Waals surface area contributed by atoms with Gasteiger partial charge in [0.2, 0.25) is 0 Å². The van der Waals surface area contributed by atoms with E-state index < -0.39 is 5.97 Å². The number of benzene rings is 2. The normalized spacial score (nSPS) is 10.7. The van der Waals surface area contributed by atoms with Crippen LogP contribution in [0.15, 0.2) is 57.9 Å². The minimum absolute atomic E-state index is 0.0449. The predicted octanol–water partition coefficient (Wildman–Crippen LogP) is 3.48. The van der Waals surface area contributed by atoms with Crippen LogP contribution < -0.4 is 5.32 Å². The fourth-order valence-corrected chi connectivity index (χ4v) is 3.23. The van der Waals surface area contributed by atoms with Crippen LogP contribution in [0.5, 0.6) is 0 Å². The third-order valence-corrected chi connectivity index (χ3v) is 4.90. The fraction of sp³-hybridized carbons (Fsp3) is 0.211. The summed E-state index contributed by atoms with van der Waals surface area (Å²) in [7, 11) is 0. The van der Waals surface area contributed by atoms with Gasteiger partial charge < -0.3 is 14.6 Å². The fourth-order valence-electron chi connectivity index (χ4n) is 2.34. The minimum atomic E-state index is -0.528. The number of ether oxygens (including phenoxy) is 1. The van der Waals surface area contributed by atoms with Gasteiger partial charge in [0.1, 0.15) is 5.69 Å². The summed E-state index contributed by atoms with van der Waals surface area (Å²) < 4.78 is 10.1. The lowest BCUT2D eigenvalue weighted by atomic mass is 10.2. The Balaban J connectivity index is 1.35. The van der Waals surface area contributed by atoms with Gasteiger partial charge in [-0.3, -0.25) is 9.59 Å². The first kappa shape index (κ1) is 19.3. The number of para-hydroxylation sites is 1. The molecule has 1 heterocycles. The Bertz CT molecular complexity index is 927. The van der Waals surface area contributed by atoms with Crippen molar-refractivity contribution < 1.29 is 18.8 Å². The van der Waals surface area contributed by atoms with Gasteiger partial charge >= 0.3 is 5.97 Å². The standard InChI is InChI=1S/C19H17ClN2O4S/c20-13-5-7-14(8-6-13)27-10-9-21-18(23)12-25-19(24)11-16-15-3-1-2-4-17(15)26-22-16/h1-8H,9-12H2,(H,21,23). The number of nitrogens with zero attached hydrogens (tertiary/aromatic N) is 1. The van der Waals surface area contributed by atoms with Crippen molar-refractivity contribution in [2.45, 2.75) is 11.3 Å². The number of nitrogens with one attached hydrogen (secondary N) is 1. The van der Waals surface area contributed by atoms with Crippen LogP contribution in [0, 0.1) is 0 Å². The van der Waals surface area contributed by atoms with Gasteiger partial charge in [0, 0.05) is 27.6 Å². The van der Waals surface area contributed by atoms with E-state index in [1.807, 2.05) is 42.5 Å². The first-order valence-corrected chi connectivity index (χ1v) is 9.62. The Morgan fingerprint density at radius 3 is 2.74 bits per heavy atom. The van der Waals surface area contributed by atoms with Crippen molar-refractivity contribution in [1.82, 2.24) is 10.5 Å². The van der Waals surface area contributed by atoms with Crippen molar-refractivity contribution in [2.75, 3.05) is 18.9 Å². The zero-order chi connectivity index (χ0) is 19.1. The van der Waals surface area contributed by atoms with Gasteiger partial charge in [-0.05, 0) is 36.4 Å². The largest absolute Gasteiger partial charge is 0.455 e. The van der Waals surface area contributed by atoms with Crippen molar-refractivity contribution in [3.05, 3.63) is 59.2 Å². The molecule has 0 radical (unpaired) electrons. The molecule has 0 aliphatic carbocycles. The van der Waals surface area contributed by atoms with Crippen molar-refractivity contribution in [1.29, 1.82) is 0 Å². The van der Waals surface area contributed by atoms with Gasteiger partial charge in [-0.15, -0.1) is 11.8 Å². The average molecular weight is 405 g/mol. The molecular formula is C19H17ClN2O4S. The molecule has 2 aromatic carbocycles. The van der Waals surface area contributed by atoms with E-state index in [1.165, 1.54) is 0 Å². The lowest BCUT2D eigenvalue weighted by Crippen LogP contribution is -2.30. The highest BCUT2D eigenvalue weighted by Crippen LogP contribution is 2.20. The molecule has 0 fully saturated rings. The summed E-state index contributed by atoms with van der Waals surface area (Å²) in [5.74, 6) is -0.170. The Morgan fingerprint density at radius 1 is 1.15 bits per heavy atom. The number of carbonyl (C=O) groups is 2. The van der Waals surface area contributed by atoms with Crippen LogP contribution in [0.1, 0.15) is 5.69 Å². The van der Waals surface area contributed by atoms with Gasteiger partial charge in [0.05, 0.1) is 6.42 Å². The minimum Gasteiger partial charge on any atom is -0.455 e. The zero-order valence-corrected chi connectivity index (χ0v) is 15.9. The number of thioether (sulfide) groups is 1. The van der Waals surface area contributed by atoms with Gasteiger partial charge in [-0.2, -0.15) is 0 Å². The molecule has 0 saturated carbocycles. The molecule has 6 nitrogen and oxygen atoms in total. The summed E-state index contributed by atoms with van der Waals surface area (Å²) in [6, 6.07) is 14.7. The van der Waals surface area contributed by atoms with Crippen LogP contribution in [-0.4, -0.2) is 35.9 Å². The topological polar surface area (TPSA) is 81.4 Å². The van der Waals surface area contributed by atoms with E-state index in [0.29, 0.717) is 28.6 Å². The van der Waals surface area contributed by atoms with E-state index in [4.69, 9.17) is 20.9 Å². The highest BCUT2D eigenvalue weighted by Gasteiger charge is 2.14. The number of esters is 1. The maximum Gasteiger partial charge on any atom is 0.312 e. The molecule has 140 valence electrons. The second-order valence-electron chi connectivity index (χ2n) is 5.62. The van der Waals surface area contributed by atoms with E-state index in [0.717, 1.165) is 10.3 Å². The predicted molar refractivity (Wildman–Crippen MR) is 104 cm³/mol. The van der Waals surface area contributed by atoms with Crippen LogP contribution >= 0.6 is 23.4 Å². The van der Waals surface area contributed by atoms with Gasteiger partial charge in [0.25, 0.3) is 5.91 Å². The zero-order valence-electron chi connectivity index (χ0n) is 14.3. The van der Waals surface area contributed by atoms with Crippen LogP contribution in [0.25, 0.3) is 11.0 Å². The van der Waals surface area contributed by atoms with E-state index >= 15 is 0 Å². The van der Waals surface area contributed by atoms with E-state index in [2.05, 4.69) is 10.5 Å². The number of aromatic nitrogens is 1. The first-order chi connectivity index (χ1) is 13.1. The van der Waals surface area contributed by atoms with Crippen molar-refractivity contribution >= 4 is 46.2 Å². The van der Waals surface area contributed by atoms with E-state index in [-0.39, 0.29) is 18.9 Å². The summed E-state index contributed by atoms with van der Waals surface area (Å²) >= 11 is 7.43. The van der Waals surface area contributed by atoms with Crippen LogP contribution in [0.3, 0.4) is 0 Å². The van der Waals surface area contributed by atoms with Crippen LogP contribution in [-0.2, 0) is 20.7 Å². The molecule has 0 aliphatic rings. The molecule has 3 rings (SSSR count). The second kappa shape index (κ2) is 9.43. The number of carbonyl (C=O) groups excluding carboxylic acids is 2. The van der Waals surface area contributed by atoms with E-state index in [9.17, 15) is 9.59 Å². The molecule has 1 amide bonds. The summed E-state index contributed by atoms with van der Waals surface area (Å²) in [5.41, 5.74) is 1.10.